The van der Waals surface area contributed by atoms with Crippen LogP contribution in [0.1, 0.15) is 29.6 Å². The number of carbonyl (C=O) groups is 1. The molecule has 0 saturated carbocycles. The van der Waals surface area contributed by atoms with Crippen LogP contribution in [0, 0.1) is 0 Å². The van der Waals surface area contributed by atoms with Crippen LogP contribution in [0.25, 0.3) is 11.0 Å². The summed E-state index contributed by atoms with van der Waals surface area (Å²) in [7, 11) is 0. The fourth-order valence-electron chi connectivity index (χ4n) is 3.03. The third-order valence-electron chi connectivity index (χ3n) is 4.11. The lowest BCUT2D eigenvalue weighted by Crippen LogP contribution is -2.34. The molecule has 2 N–H and O–H groups in total. The van der Waals surface area contributed by atoms with Crippen molar-refractivity contribution in [2.24, 2.45) is 0 Å². The Morgan fingerprint density at radius 1 is 1.19 bits per heavy atom. The Bertz CT molecular complexity index is 711. The molecule has 1 aliphatic rings. The minimum atomic E-state index is -1.01. The molecule has 3 rings (SSSR count). The highest BCUT2D eigenvalue weighted by atomic mass is 16.4. The number of fused-ring (bicyclic) bond motifs is 1. The first-order chi connectivity index (χ1) is 10.2. The van der Waals surface area contributed by atoms with Gasteiger partial charge in [-0.1, -0.05) is 12.5 Å². The van der Waals surface area contributed by atoms with Crippen LogP contribution < -0.4 is 5.69 Å². The number of imidazole rings is 1. The van der Waals surface area contributed by atoms with Crippen LogP contribution in [0.2, 0.25) is 0 Å². The van der Waals surface area contributed by atoms with E-state index in [1.54, 1.807) is 16.7 Å². The molecule has 1 aliphatic heterocycles. The molecule has 1 saturated heterocycles. The zero-order valence-corrected chi connectivity index (χ0v) is 11.8. The number of piperidine rings is 1. The Hall–Kier alpha value is -2.08. The Labute approximate surface area is 122 Å². The first kappa shape index (κ1) is 13.9. The van der Waals surface area contributed by atoms with Gasteiger partial charge in [0.05, 0.1) is 16.6 Å². The quantitative estimate of drug-likeness (QED) is 0.894. The number of para-hydroxylation sites is 1. The summed E-state index contributed by atoms with van der Waals surface area (Å²) < 4.78 is 1.55. The summed E-state index contributed by atoms with van der Waals surface area (Å²) in [5.41, 5.74) is 1.01. The van der Waals surface area contributed by atoms with E-state index in [0.717, 1.165) is 19.6 Å². The maximum atomic E-state index is 12.1. The number of carboxylic acids is 1. The van der Waals surface area contributed by atoms with Crippen molar-refractivity contribution in [3.63, 3.8) is 0 Å². The van der Waals surface area contributed by atoms with Gasteiger partial charge in [0.2, 0.25) is 0 Å². The molecule has 0 radical (unpaired) electrons. The van der Waals surface area contributed by atoms with E-state index in [9.17, 15) is 14.7 Å². The molecular weight excluding hydrogens is 270 g/mol. The molecule has 0 amide bonds. The van der Waals surface area contributed by atoms with E-state index in [4.69, 9.17) is 0 Å². The highest BCUT2D eigenvalue weighted by Gasteiger charge is 2.16. The zero-order valence-electron chi connectivity index (χ0n) is 11.8. The Morgan fingerprint density at radius 2 is 1.95 bits per heavy atom. The molecule has 2 heterocycles. The number of benzene rings is 1. The number of carboxylic acid groups (broad SMARTS) is 1. The Morgan fingerprint density at radius 3 is 2.67 bits per heavy atom. The monoisotopic (exact) mass is 289 g/mol. The van der Waals surface area contributed by atoms with E-state index >= 15 is 0 Å². The van der Waals surface area contributed by atoms with Gasteiger partial charge in [-0.15, -0.1) is 0 Å². The van der Waals surface area contributed by atoms with Gasteiger partial charge in [-0.05, 0) is 38.1 Å². The number of H-pyrrole nitrogens is 1. The molecule has 1 aromatic carbocycles. The van der Waals surface area contributed by atoms with Gasteiger partial charge in [0.15, 0.2) is 0 Å². The van der Waals surface area contributed by atoms with E-state index in [-0.39, 0.29) is 11.3 Å². The van der Waals surface area contributed by atoms with Crippen LogP contribution in [0.4, 0.5) is 0 Å². The van der Waals surface area contributed by atoms with Crippen LogP contribution in [0.5, 0.6) is 0 Å². The largest absolute Gasteiger partial charge is 0.478 e. The Kier molecular flexibility index (Phi) is 3.79. The topological polar surface area (TPSA) is 78.3 Å². The second kappa shape index (κ2) is 5.73. The predicted octanol–water partition coefficient (Wildman–Crippen LogP) is 1.51. The number of hydrogen-bond acceptors (Lipinski definition) is 3. The molecule has 2 aromatic rings. The number of rotatable bonds is 4. The van der Waals surface area contributed by atoms with Crippen molar-refractivity contribution >= 4 is 17.0 Å². The van der Waals surface area contributed by atoms with Crippen LogP contribution in [0.15, 0.2) is 23.0 Å². The van der Waals surface area contributed by atoms with Gasteiger partial charge < -0.3 is 15.0 Å². The van der Waals surface area contributed by atoms with Crippen LogP contribution >= 0.6 is 0 Å². The lowest BCUT2D eigenvalue weighted by Gasteiger charge is -2.26. The molecule has 0 aliphatic carbocycles. The van der Waals surface area contributed by atoms with Gasteiger partial charge in [0.1, 0.15) is 0 Å². The number of aromatic nitrogens is 2. The summed E-state index contributed by atoms with van der Waals surface area (Å²) in [6.07, 6.45) is 3.67. The van der Waals surface area contributed by atoms with Crippen molar-refractivity contribution in [2.45, 2.75) is 25.8 Å². The van der Waals surface area contributed by atoms with Crippen molar-refractivity contribution in [2.75, 3.05) is 19.6 Å². The summed E-state index contributed by atoms with van der Waals surface area (Å²) >= 11 is 0. The molecule has 112 valence electrons. The molecule has 0 spiro atoms. The van der Waals surface area contributed by atoms with Crippen LogP contribution in [0.3, 0.4) is 0 Å². The number of hydrogen-bond donors (Lipinski definition) is 2. The average Bonchev–Trinajstić information content (AvgIpc) is 2.81. The highest BCUT2D eigenvalue weighted by molar-refractivity contribution is 6.01. The Balaban J connectivity index is 1.91. The molecule has 1 fully saturated rings. The summed E-state index contributed by atoms with van der Waals surface area (Å²) in [5.74, 6) is -1.01. The number of aromatic amines is 1. The average molecular weight is 289 g/mol. The fourth-order valence-corrected chi connectivity index (χ4v) is 3.03. The zero-order chi connectivity index (χ0) is 14.8. The van der Waals surface area contributed by atoms with E-state index < -0.39 is 5.97 Å². The molecule has 0 unspecified atom stereocenters. The van der Waals surface area contributed by atoms with Gasteiger partial charge in [-0.25, -0.2) is 9.59 Å². The minimum Gasteiger partial charge on any atom is -0.478 e. The molecule has 0 bridgehead atoms. The first-order valence-electron chi connectivity index (χ1n) is 7.34. The third-order valence-corrected chi connectivity index (χ3v) is 4.11. The number of likely N-dealkylation sites (tertiary alicyclic amines) is 1. The number of aromatic carboxylic acids is 1. The highest BCUT2D eigenvalue weighted by Crippen LogP contribution is 2.16. The van der Waals surface area contributed by atoms with Crippen LogP contribution in [-0.4, -0.2) is 45.2 Å². The standard InChI is InChI=1S/C15H19N3O3/c19-14(20)11-5-4-6-12-13(11)18(15(21)16-12)10-9-17-7-2-1-3-8-17/h4-6H,1-3,7-10H2,(H,16,21)(H,19,20). The molecule has 0 atom stereocenters. The predicted molar refractivity (Wildman–Crippen MR) is 79.8 cm³/mol. The molecule has 1 aromatic heterocycles. The van der Waals surface area contributed by atoms with Crippen molar-refractivity contribution in [1.29, 1.82) is 0 Å². The van der Waals surface area contributed by atoms with Crippen molar-refractivity contribution in [3.8, 4) is 0 Å². The number of nitrogens with zero attached hydrogens (tertiary/aromatic N) is 2. The second-order valence-corrected chi connectivity index (χ2v) is 5.49. The van der Waals surface area contributed by atoms with E-state index in [1.165, 1.54) is 25.3 Å². The lowest BCUT2D eigenvalue weighted by atomic mass is 10.1. The van der Waals surface area contributed by atoms with Crippen molar-refractivity contribution in [3.05, 3.63) is 34.2 Å². The van der Waals surface area contributed by atoms with Gasteiger partial charge in [0.25, 0.3) is 0 Å². The smallest absolute Gasteiger partial charge is 0.337 e. The number of nitrogens with one attached hydrogen (secondary N) is 1. The van der Waals surface area contributed by atoms with E-state index in [0.29, 0.717) is 17.6 Å². The normalized spacial score (nSPS) is 16.4. The van der Waals surface area contributed by atoms with Crippen LogP contribution in [-0.2, 0) is 6.54 Å². The summed E-state index contributed by atoms with van der Waals surface area (Å²) in [6.45, 7) is 3.41. The van der Waals surface area contributed by atoms with Crippen molar-refractivity contribution in [1.82, 2.24) is 14.5 Å². The lowest BCUT2D eigenvalue weighted by molar-refractivity contribution is 0.0698. The maximum Gasteiger partial charge on any atom is 0.337 e. The van der Waals surface area contributed by atoms with Gasteiger partial charge in [-0.2, -0.15) is 0 Å². The first-order valence-corrected chi connectivity index (χ1v) is 7.34. The van der Waals surface area contributed by atoms with Gasteiger partial charge >= 0.3 is 11.7 Å². The fraction of sp³-hybridized carbons (Fsp3) is 0.467. The molecule has 6 heteroatoms. The third kappa shape index (κ3) is 2.71. The summed E-state index contributed by atoms with van der Waals surface area (Å²) in [6, 6.07) is 4.92. The van der Waals surface area contributed by atoms with Gasteiger partial charge in [-0.3, -0.25) is 4.57 Å². The SMILES string of the molecule is O=C(O)c1cccc2[nH]c(=O)n(CCN3CCCCC3)c12. The maximum absolute atomic E-state index is 12.1. The van der Waals surface area contributed by atoms with E-state index in [2.05, 4.69) is 9.88 Å². The summed E-state index contributed by atoms with van der Waals surface area (Å²) in [4.78, 5) is 28.5. The van der Waals surface area contributed by atoms with Crippen molar-refractivity contribution < 1.29 is 9.90 Å². The second-order valence-electron chi connectivity index (χ2n) is 5.49. The molecular formula is C15H19N3O3. The summed E-state index contributed by atoms with van der Waals surface area (Å²) in [5, 5.41) is 9.29. The molecule has 6 nitrogen and oxygen atoms in total. The van der Waals surface area contributed by atoms with E-state index in [1.807, 2.05) is 0 Å². The van der Waals surface area contributed by atoms with Gasteiger partial charge in [0, 0.05) is 13.1 Å². The minimum absolute atomic E-state index is 0.171. The molecule has 21 heavy (non-hydrogen) atoms.